The third-order valence-corrected chi connectivity index (χ3v) is 3.03. The van der Waals surface area contributed by atoms with Crippen molar-refractivity contribution in [1.82, 2.24) is 0 Å². The van der Waals surface area contributed by atoms with Gasteiger partial charge in [0.1, 0.15) is 0 Å². The molecule has 2 heteroatoms. The van der Waals surface area contributed by atoms with Crippen molar-refractivity contribution in [3.05, 3.63) is 29.3 Å². The molecule has 1 aromatic carbocycles. The summed E-state index contributed by atoms with van der Waals surface area (Å²) >= 11 is 0. The van der Waals surface area contributed by atoms with E-state index < -0.39 is 0 Å². The van der Waals surface area contributed by atoms with Gasteiger partial charge in [0.2, 0.25) is 5.91 Å². The molecule has 0 radical (unpaired) electrons. The Balaban J connectivity index is 2.24. The number of carbonyl (C=O) groups is 1. The fourth-order valence-corrected chi connectivity index (χ4v) is 2.35. The number of benzene rings is 1. The quantitative estimate of drug-likeness (QED) is 0.786. The molecule has 0 aliphatic carbocycles. The molecule has 0 atom stereocenters. The molecule has 0 fully saturated rings. The van der Waals surface area contributed by atoms with Gasteiger partial charge in [-0.2, -0.15) is 0 Å². The van der Waals surface area contributed by atoms with E-state index in [4.69, 9.17) is 0 Å². The van der Waals surface area contributed by atoms with E-state index >= 15 is 0 Å². The van der Waals surface area contributed by atoms with Crippen LogP contribution in [0.1, 0.15) is 44.7 Å². The second-order valence-electron chi connectivity index (χ2n) is 6.13. The largest absolute Gasteiger partial charge is 0.326 e. The van der Waals surface area contributed by atoms with Crippen LogP contribution in [0.4, 0.5) is 5.69 Å². The smallest absolute Gasteiger partial charge is 0.224 e. The minimum Gasteiger partial charge on any atom is -0.326 e. The summed E-state index contributed by atoms with van der Waals surface area (Å²) in [6.07, 6.45) is 3.68. The highest BCUT2D eigenvalue weighted by atomic mass is 16.1. The van der Waals surface area contributed by atoms with Crippen molar-refractivity contribution in [1.29, 1.82) is 0 Å². The zero-order valence-corrected chi connectivity index (χ0v) is 11.0. The molecule has 1 aliphatic heterocycles. The maximum absolute atomic E-state index is 11.4. The molecule has 2 rings (SSSR count). The lowest BCUT2D eigenvalue weighted by Gasteiger charge is -2.19. The summed E-state index contributed by atoms with van der Waals surface area (Å²) < 4.78 is 0. The molecule has 92 valence electrons. The standard InChI is InChI=1S/C15H21NO/c1-15(2,3)10-11-7-8-13-12(9-11)5-4-6-14(17)16-13/h7-9H,4-6,10H2,1-3H3,(H,16,17). The van der Waals surface area contributed by atoms with Gasteiger partial charge in [-0.3, -0.25) is 4.79 Å². The lowest BCUT2D eigenvalue weighted by atomic mass is 9.87. The molecule has 1 aliphatic rings. The molecule has 0 spiro atoms. The Bertz CT molecular complexity index is 429. The van der Waals surface area contributed by atoms with Crippen LogP contribution < -0.4 is 5.32 Å². The normalized spacial score (nSPS) is 16.1. The Kier molecular flexibility index (Phi) is 3.23. The SMILES string of the molecule is CC(C)(C)Cc1ccc2c(c1)CCCC(=O)N2. The maximum atomic E-state index is 11.4. The van der Waals surface area contributed by atoms with E-state index in [1.165, 1.54) is 11.1 Å². The molecular formula is C15H21NO. The minimum atomic E-state index is 0.146. The zero-order valence-electron chi connectivity index (χ0n) is 11.0. The van der Waals surface area contributed by atoms with Gasteiger partial charge in [0.05, 0.1) is 0 Å². The first-order chi connectivity index (χ1) is 7.94. The maximum Gasteiger partial charge on any atom is 0.224 e. The van der Waals surface area contributed by atoms with Crippen LogP contribution >= 0.6 is 0 Å². The number of carbonyl (C=O) groups excluding carboxylic acids is 1. The molecule has 1 amide bonds. The lowest BCUT2D eigenvalue weighted by molar-refractivity contribution is -0.116. The Morgan fingerprint density at radius 3 is 2.71 bits per heavy atom. The molecule has 1 aromatic rings. The van der Waals surface area contributed by atoms with Crippen molar-refractivity contribution >= 4 is 11.6 Å². The molecule has 0 aromatic heterocycles. The molecule has 0 saturated heterocycles. The van der Waals surface area contributed by atoms with Crippen LogP contribution in [0.5, 0.6) is 0 Å². The zero-order chi connectivity index (χ0) is 12.5. The number of aryl methyl sites for hydroxylation is 1. The minimum absolute atomic E-state index is 0.146. The highest BCUT2D eigenvalue weighted by molar-refractivity contribution is 5.92. The van der Waals surface area contributed by atoms with Gasteiger partial charge < -0.3 is 5.32 Å². The molecule has 1 heterocycles. The second kappa shape index (κ2) is 4.52. The molecule has 0 unspecified atom stereocenters. The van der Waals surface area contributed by atoms with Gasteiger partial charge in [-0.25, -0.2) is 0 Å². The van der Waals surface area contributed by atoms with E-state index in [2.05, 4.69) is 44.3 Å². The number of hydrogen-bond donors (Lipinski definition) is 1. The highest BCUT2D eigenvalue weighted by Crippen LogP contribution is 2.27. The Labute approximate surface area is 103 Å². The number of rotatable bonds is 1. The molecule has 0 bridgehead atoms. The van der Waals surface area contributed by atoms with Crippen molar-refractivity contribution in [2.45, 2.75) is 46.5 Å². The van der Waals surface area contributed by atoms with E-state index in [1.807, 2.05) is 0 Å². The molecule has 0 saturated carbocycles. The van der Waals surface area contributed by atoms with Gasteiger partial charge in [-0.1, -0.05) is 32.9 Å². The van der Waals surface area contributed by atoms with Crippen molar-refractivity contribution in [2.24, 2.45) is 5.41 Å². The second-order valence-corrected chi connectivity index (χ2v) is 6.13. The van der Waals surface area contributed by atoms with E-state index in [0.717, 1.165) is 24.9 Å². The summed E-state index contributed by atoms with van der Waals surface area (Å²) in [7, 11) is 0. The fraction of sp³-hybridized carbons (Fsp3) is 0.533. The summed E-state index contributed by atoms with van der Waals surface area (Å²) in [6.45, 7) is 6.75. The van der Waals surface area contributed by atoms with E-state index in [0.29, 0.717) is 11.8 Å². The van der Waals surface area contributed by atoms with Gasteiger partial charge in [-0.15, -0.1) is 0 Å². The van der Waals surface area contributed by atoms with Crippen LogP contribution in [0, 0.1) is 5.41 Å². The van der Waals surface area contributed by atoms with Crippen LogP contribution in [0.3, 0.4) is 0 Å². The van der Waals surface area contributed by atoms with Gasteiger partial charge in [0, 0.05) is 12.1 Å². The number of amides is 1. The van der Waals surface area contributed by atoms with Gasteiger partial charge in [0.15, 0.2) is 0 Å². The lowest BCUT2D eigenvalue weighted by Crippen LogP contribution is -2.11. The topological polar surface area (TPSA) is 29.1 Å². The first kappa shape index (κ1) is 12.2. The summed E-state index contributed by atoms with van der Waals surface area (Å²) in [5, 5.41) is 2.97. The Morgan fingerprint density at radius 1 is 1.24 bits per heavy atom. The van der Waals surface area contributed by atoms with Crippen LogP contribution in [-0.4, -0.2) is 5.91 Å². The average molecular weight is 231 g/mol. The Hall–Kier alpha value is -1.31. The average Bonchev–Trinajstić information content (AvgIpc) is 2.36. The number of hydrogen-bond acceptors (Lipinski definition) is 1. The van der Waals surface area contributed by atoms with Crippen LogP contribution in [0.15, 0.2) is 18.2 Å². The van der Waals surface area contributed by atoms with Gasteiger partial charge in [-0.05, 0) is 41.9 Å². The highest BCUT2D eigenvalue weighted by Gasteiger charge is 2.15. The summed E-state index contributed by atoms with van der Waals surface area (Å²) in [5.41, 5.74) is 3.97. The van der Waals surface area contributed by atoms with Crippen LogP contribution in [0.2, 0.25) is 0 Å². The van der Waals surface area contributed by atoms with Crippen LogP contribution in [0.25, 0.3) is 0 Å². The predicted molar refractivity (Wildman–Crippen MR) is 71.2 cm³/mol. The summed E-state index contributed by atoms with van der Waals surface area (Å²) in [5.74, 6) is 0.146. The van der Waals surface area contributed by atoms with Gasteiger partial charge >= 0.3 is 0 Å². The van der Waals surface area contributed by atoms with E-state index in [-0.39, 0.29) is 5.91 Å². The molecular weight excluding hydrogens is 210 g/mol. The van der Waals surface area contributed by atoms with E-state index in [1.54, 1.807) is 0 Å². The van der Waals surface area contributed by atoms with Crippen molar-refractivity contribution in [2.75, 3.05) is 5.32 Å². The Morgan fingerprint density at radius 2 is 2.00 bits per heavy atom. The first-order valence-corrected chi connectivity index (χ1v) is 6.36. The van der Waals surface area contributed by atoms with Gasteiger partial charge in [0.25, 0.3) is 0 Å². The summed E-state index contributed by atoms with van der Waals surface area (Å²) in [6, 6.07) is 6.45. The monoisotopic (exact) mass is 231 g/mol. The third kappa shape index (κ3) is 3.32. The number of anilines is 1. The summed E-state index contributed by atoms with van der Waals surface area (Å²) in [4.78, 5) is 11.4. The molecule has 1 N–H and O–H groups in total. The van der Waals surface area contributed by atoms with Crippen molar-refractivity contribution < 1.29 is 4.79 Å². The molecule has 2 nitrogen and oxygen atoms in total. The molecule has 17 heavy (non-hydrogen) atoms. The van der Waals surface area contributed by atoms with Crippen molar-refractivity contribution in [3.63, 3.8) is 0 Å². The third-order valence-electron chi connectivity index (χ3n) is 3.03. The fourth-order valence-electron chi connectivity index (χ4n) is 2.35. The van der Waals surface area contributed by atoms with Crippen molar-refractivity contribution in [3.8, 4) is 0 Å². The predicted octanol–water partition coefficient (Wildman–Crippen LogP) is 3.55. The van der Waals surface area contributed by atoms with E-state index in [9.17, 15) is 4.79 Å². The van der Waals surface area contributed by atoms with Crippen LogP contribution in [-0.2, 0) is 17.6 Å². The number of fused-ring (bicyclic) bond motifs is 1. The number of nitrogens with one attached hydrogen (secondary N) is 1. The first-order valence-electron chi connectivity index (χ1n) is 6.36.